The van der Waals surface area contributed by atoms with Crippen LogP contribution in [0.25, 0.3) is 22.0 Å². The lowest BCUT2D eigenvalue weighted by atomic mass is 10.1. The lowest BCUT2D eigenvalue weighted by Gasteiger charge is -2.22. The largest absolute Gasteiger partial charge is 0.408 e. The minimum Gasteiger partial charge on any atom is -0.383 e. The number of halogens is 3. The maximum Gasteiger partial charge on any atom is 0.408 e. The van der Waals surface area contributed by atoms with E-state index in [0.29, 0.717) is 22.9 Å². The number of nitrogens with one attached hydrogen (secondary N) is 1. The number of nitrogens with two attached hydrogens (primary N) is 1. The number of aromatic nitrogens is 4. The van der Waals surface area contributed by atoms with Crippen LogP contribution in [-0.2, 0) is 0 Å². The maximum atomic E-state index is 13.9. The fourth-order valence-electron chi connectivity index (χ4n) is 4.08. The second-order valence-corrected chi connectivity index (χ2v) is 8.66. The number of aryl methyl sites for hydroxylation is 1. The van der Waals surface area contributed by atoms with E-state index in [1.54, 1.807) is 30.7 Å². The quantitative estimate of drug-likeness (QED) is 0.430. The molecule has 0 amide bonds. The molecule has 0 radical (unpaired) electrons. The van der Waals surface area contributed by atoms with Crippen LogP contribution < -0.4 is 11.1 Å². The van der Waals surface area contributed by atoms with Crippen molar-refractivity contribution in [1.82, 2.24) is 19.3 Å². The molecule has 0 saturated heterocycles. The van der Waals surface area contributed by atoms with Crippen LogP contribution in [0, 0.1) is 12.8 Å². The molecule has 164 valence electrons. The summed E-state index contributed by atoms with van der Waals surface area (Å²) in [6, 6.07) is 3.55. The van der Waals surface area contributed by atoms with E-state index in [0.717, 1.165) is 16.7 Å². The summed E-state index contributed by atoms with van der Waals surface area (Å²) in [6.45, 7) is 1.93. The van der Waals surface area contributed by atoms with Gasteiger partial charge in [-0.2, -0.15) is 13.2 Å². The molecule has 1 aliphatic carbocycles. The molecule has 1 fully saturated rings. The number of hydrogen-bond donors (Lipinski definition) is 2. The number of fused-ring (bicyclic) bond motifs is 1. The summed E-state index contributed by atoms with van der Waals surface area (Å²) in [4.78, 5) is 12.8. The third-order valence-corrected chi connectivity index (χ3v) is 6.47. The summed E-state index contributed by atoms with van der Waals surface area (Å²) < 4.78 is 45.6. The fourth-order valence-corrected chi connectivity index (χ4v) is 4.68. The minimum absolute atomic E-state index is 0.145. The van der Waals surface area contributed by atoms with Gasteiger partial charge in [0.15, 0.2) is 0 Å². The second kappa shape index (κ2) is 7.70. The van der Waals surface area contributed by atoms with E-state index >= 15 is 0 Å². The van der Waals surface area contributed by atoms with Gasteiger partial charge in [0.1, 0.15) is 17.7 Å². The molecule has 10 heteroatoms. The van der Waals surface area contributed by atoms with Crippen LogP contribution in [0.4, 0.5) is 24.8 Å². The van der Waals surface area contributed by atoms with Crippen LogP contribution in [0.15, 0.2) is 48.4 Å². The fraction of sp³-hybridized carbons (Fsp3) is 0.273. The van der Waals surface area contributed by atoms with Crippen molar-refractivity contribution >= 4 is 33.9 Å². The zero-order chi connectivity index (χ0) is 22.5. The first kappa shape index (κ1) is 20.6. The van der Waals surface area contributed by atoms with Crippen molar-refractivity contribution in [2.24, 2.45) is 5.92 Å². The van der Waals surface area contributed by atoms with Gasteiger partial charge in [-0.05, 0) is 71.4 Å². The number of nitrogen functional groups attached to an aromatic ring is 1. The SMILES string of the molecule is Cc1ccncc1-c1cc2cc(NC(C3CC3c3cnsc3)C(F)(F)F)ncc2c(N)n1. The summed E-state index contributed by atoms with van der Waals surface area (Å²) in [7, 11) is 0. The Morgan fingerprint density at radius 3 is 2.78 bits per heavy atom. The van der Waals surface area contributed by atoms with Gasteiger partial charge < -0.3 is 11.1 Å². The molecule has 4 heterocycles. The van der Waals surface area contributed by atoms with Gasteiger partial charge in [0.2, 0.25) is 0 Å². The van der Waals surface area contributed by atoms with Crippen LogP contribution in [0.2, 0.25) is 0 Å². The number of hydrogen-bond acceptors (Lipinski definition) is 7. The molecule has 5 rings (SSSR count). The lowest BCUT2D eigenvalue weighted by Crippen LogP contribution is -2.38. The average Bonchev–Trinajstić information content (AvgIpc) is 3.33. The maximum absolute atomic E-state index is 13.9. The first-order valence-electron chi connectivity index (χ1n) is 10.0. The second-order valence-electron chi connectivity index (χ2n) is 8.00. The Bertz CT molecular complexity index is 1270. The van der Waals surface area contributed by atoms with E-state index in [1.165, 1.54) is 17.7 Å². The number of pyridine rings is 3. The monoisotopic (exact) mass is 456 g/mol. The summed E-state index contributed by atoms with van der Waals surface area (Å²) in [6.07, 6.45) is 2.54. The summed E-state index contributed by atoms with van der Waals surface area (Å²) in [5.74, 6) is -0.291. The normalized spacial score (nSPS) is 19.1. The van der Waals surface area contributed by atoms with Gasteiger partial charge >= 0.3 is 6.18 Å². The zero-order valence-corrected chi connectivity index (χ0v) is 17.8. The van der Waals surface area contributed by atoms with E-state index in [2.05, 4.69) is 24.6 Å². The molecule has 4 aromatic rings. The van der Waals surface area contributed by atoms with E-state index in [-0.39, 0.29) is 17.6 Å². The van der Waals surface area contributed by atoms with Crippen molar-refractivity contribution in [1.29, 1.82) is 0 Å². The van der Waals surface area contributed by atoms with Crippen LogP contribution in [0.3, 0.4) is 0 Å². The number of anilines is 2. The van der Waals surface area contributed by atoms with Crippen molar-refractivity contribution in [3.05, 3.63) is 59.5 Å². The van der Waals surface area contributed by atoms with Gasteiger partial charge in [0.05, 0.1) is 5.69 Å². The summed E-state index contributed by atoms with van der Waals surface area (Å²) >= 11 is 1.25. The summed E-state index contributed by atoms with van der Waals surface area (Å²) in [5, 5.41) is 5.68. The molecule has 6 nitrogen and oxygen atoms in total. The van der Waals surface area contributed by atoms with Crippen LogP contribution in [0.5, 0.6) is 0 Å². The van der Waals surface area contributed by atoms with Crippen molar-refractivity contribution < 1.29 is 13.2 Å². The standard InChI is InChI=1S/C22H19F3N6S/c1-11-2-3-27-8-16(11)18-4-12-5-19(28-9-17(12)21(26)30-18)31-20(22(23,24)25)15-6-14(15)13-7-29-32-10-13/h2-5,7-10,14-15,20H,6H2,1H3,(H2,26,30)(H,28,31). The molecule has 1 saturated carbocycles. The van der Waals surface area contributed by atoms with Crippen LogP contribution in [-0.4, -0.2) is 31.5 Å². The third-order valence-electron chi connectivity index (χ3n) is 5.86. The number of rotatable bonds is 5. The number of nitrogens with zero attached hydrogens (tertiary/aromatic N) is 4. The molecule has 3 unspecified atom stereocenters. The highest BCUT2D eigenvalue weighted by atomic mass is 32.1. The van der Waals surface area contributed by atoms with Gasteiger partial charge in [0, 0.05) is 41.1 Å². The Morgan fingerprint density at radius 1 is 1.22 bits per heavy atom. The highest BCUT2D eigenvalue weighted by Gasteiger charge is 2.55. The molecule has 3 N–H and O–H groups in total. The van der Waals surface area contributed by atoms with Gasteiger partial charge in [0.25, 0.3) is 0 Å². The lowest BCUT2D eigenvalue weighted by molar-refractivity contribution is -0.147. The van der Waals surface area contributed by atoms with Crippen LogP contribution >= 0.6 is 11.5 Å². The average molecular weight is 456 g/mol. The van der Waals surface area contributed by atoms with Crippen molar-refractivity contribution in [2.45, 2.75) is 31.5 Å². The Labute approximate surface area is 185 Å². The first-order valence-corrected chi connectivity index (χ1v) is 10.8. The van der Waals surface area contributed by atoms with E-state index in [4.69, 9.17) is 5.73 Å². The Balaban J connectivity index is 1.47. The van der Waals surface area contributed by atoms with E-state index in [1.807, 2.05) is 18.4 Å². The van der Waals surface area contributed by atoms with Gasteiger partial charge in [-0.15, -0.1) is 0 Å². The van der Waals surface area contributed by atoms with E-state index < -0.39 is 18.1 Å². The Hall–Kier alpha value is -3.27. The zero-order valence-electron chi connectivity index (χ0n) is 17.0. The molecule has 4 aromatic heterocycles. The van der Waals surface area contributed by atoms with Gasteiger partial charge in [-0.25, -0.2) is 14.3 Å². The van der Waals surface area contributed by atoms with Crippen LogP contribution in [0.1, 0.15) is 23.5 Å². The first-order chi connectivity index (χ1) is 15.3. The van der Waals surface area contributed by atoms with Crippen molar-refractivity contribution in [3.63, 3.8) is 0 Å². The molecule has 0 aromatic carbocycles. The highest BCUT2D eigenvalue weighted by molar-refractivity contribution is 7.03. The molecule has 0 aliphatic heterocycles. The van der Waals surface area contributed by atoms with Crippen molar-refractivity contribution in [3.8, 4) is 11.3 Å². The molecule has 32 heavy (non-hydrogen) atoms. The highest BCUT2D eigenvalue weighted by Crippen LogP contribution is 2.53. The molecule has 0 bridgehead atoms. The smallest absolute Gasteiger partial charge is 0.383 e. The molecule has 0 spiro atoms. The topological polar surface area (TPSA) is 89.6 Å². The third kappa shape index (κ3) is 3.86. The Kier molecular flexibility index (Phi) is 4.96. The van der Waals surface area contributed by atoms with Gasteiger partial charge in [-0.1, -0.05) is 0 Å². The predicted molar refractivity (Wildman–Crippen MR) is 118 cm³/mol. The molecular formula is C22H19F3N6S. The molecule has 1 aliphatic rings. The minimum atomic E-state index is -4.41. The predicted octanol–water partition coefficient (Wildman–Crippen LogP) is 5.19. The number of alkyl halides is 3. The Morgan fingerprint density at radius 2 is 2.06 bits per heavy atom. The molecular weight excluding hydrogens is 437 g/mol. The van der Waals surface area contributed by atoms with Gasteiger partial charge in [-0.3, -0.25) is 4.98 Å². The summed E-state index contributed by atoms with van der Waals surface area (Å²) in [5.41, 5.74) is 9.37. The van der Waals surface area contributed by atoms with Crippen molar-refractivity contribution in [2.75, 3.05) is 11.1 Å². The molecule has 3 atom stereocenters. The van der Waals surface area contributed by atoms with E-state index in [9.17, 15) is 13.2 Å².